The molecule has 0 amide bonds. The highest BCUT2D eigenvalue weighted by Gasteiger charge is 2.10. The van der Waals surface area contributed by atoms with E-state index in [0.717, 1.165) is 18.9 Å². The summed E-state index contributed by atoms with van der Waals surface area (Å²) in [5.74, 6) is 0.984. The van der Waals surface area contributed by atoms with Gasteiger partial charge in [-0.1, -0.05) is 19.8 Å². The highest BCUT2D eigenvalue weighted by molar-refractivity contribution is 5.37. The van der Waals surface area contributed by atoms with Crippen LogP contribution in [0.2, 0.25) is 0 Å². The third kappa shape index (κ3) is 6.06. The number of pyridine rings is 1. The van der Waals surface area contributed by atoms with E-state index in [9.17, 15) is 0 Å². The van der Waals surface area contributed by atoms with Crippen LogP contribution in [0.1, 0.15) is 52.5 Å². The molecule has 0 fully saturated rings. The Morgan fingerprint density at radius 1 is 1.26 bits per heavy atom. The molecule has 3 heteroatoms. The van der Waals surface area contributed by atoms with Gasteiger partial charge in [-0.2, -0.15) is 0 Å². The molecule has 0 aliphatic carbocycles. The topological polar surface area (TPSA) is 28.2 Å². The second kappa shape index (κ2) is 8.92. The maximum Gasteiger partial charge on any atom is 0.126 e. The number of rotatable bonds is 9. The van der Waals surface area contributed by atoms with E-state index in [-0.39, 0.29) is 0 Å². The summed E-state index contributed by atoms with van der Waals surface area (Å²) in [6.07, 6.45) is 5.80. The maximum atomic E-state index is 4.33. The molecular formula is C16H29N3. The van der Waals surface area contributed by atoms with E-state index in [0.29, 0.717) is 6.04 Å². The number of nitrogens with one attached hydrogen (secondary N) is 1. The van der Waals surface area contributed by atoms with Crippen LogP contribution in [0.3, 0.4) is 0 Å². The van der Waals surface area contributed by atoms with Crippen molar-refractivity contribution in [2.75, 3.05) is 18.4 Å². The van der Waals surface area contributed by atoms with Gasteiger partial charge in [-0.25, -0.2) is 4.98 Å². The van der Waals surface area contributed by atoms with E-state index < -0.39 is 0 Å². The lowest BCUT2D eigenvalue weighted by atomic mass is 10.2. The molecule has 0 aliphatic heterocycles. The minimum absolute atomic E-state index is 0.590. The maximum absolute atomic E-state index is 4.33. The third-order valence-electron chi connectivity index (χ3n) is 3.35. The Bertz CT molecular complexity index is 350. The van der Waals surface area contributed by atoms with Crippen LogP contribution >= 0.6 is 0 Å². The highest BCUT2D eigenvalue weighted by Crippen LogP contribution is 2.12. The zero-order valence-electron chi connectivity index (χ0n) is 12.9. The van der Waals surface area contributed by atoms with E-state index >= 15 is 0 Å². The minimum atomic E-state index is 0.590. The molecule has 19 heavy (non-hydrogen) atoms. The van der Waals surface area contributed by atoms with E-state index in [1.165, 1.54) is 31.4 Å². The van der Waals surface area contributed by atoms with E-state index in [1.807, 2.05) is 6.20 Å². The highest BCUT2D eigenvalue weighted by atomic mass is 15.1. The Morgan fingerprint density at radius 2 is 2.05 bits per heavy atom. The molecule has 0 unspecified atom stereocenters. The van der Waals surface area contributed by atoms with Crippen molar-refractivity contribution in [2.45, 2.75) is 59.5 Å². The van der Waals surface area contributed by atoms with Gasteiger partial charge >= 0.3 is 0 Å². The van der Waals surface area contributed by atoms with Gasteiger partial charge in [0.15, 0.2) is 0 Å². The monoisotopic (exact) mass is 263 g/mol. The van der Waals surface area contributed by atoms with E-state index in [4.69, 9.17) is 0 Å². The summed E-state index contributed by atoms with van der Waals surface area (Å²) < 4.78 is 0. The number of nitrogens with zero attached hydrogens (tertiary/aromatic N) is 2. The number of hydrogen-bond donors (Lipinski definition) is 1. The average molecular weight is 263 g/mol. The lowest BCUT2D eigenvalue weighted by molar-refractivity contribution is 0.208. The average Bonchev–Trinajstić information content (AvgIpc) is 2.38. The van der Waals surface area contributed by atoms with Crippen LogP contribution in [-0.4, -0.2) is 29.0 Å². The van der Waals surface area contributed by atoms with Gasteiger partial charge in [0.1, 0.15) is 5.82 Å². The minimum Gasteiger partial charge on any atom is -0.370 e. The van der Waals surface area contributed by atoms with Crippen molar-refractivity contribution in [1.29, 1.82) is 0 Å². The zero-order valence-corrected chi connectivity index (χ0v) is 12.9. The number of aromatic nitrogens is 1. The first-order valence-electron chi connectivity index (χ1n) is 7.60. The quantitative estimate of drug-likeness (QED) is 0.685. The standard InChI is InChI=1S/C16H29N3/c1-5-7-8-11-19(14(3)4)13-15-9-10-18-16(12-15)17-6-2/h9-10,12,14H,5-8,11,13H2,1-4H3,(H,17,18). The van der Waals surface area contributed by atoms with Crippen molar-refractivity contribution in [2.24, 2.45) is 0 Å². The largest absolute Gasteiger partial charge is 0.370 e. The van der Waals surface area contributed by atoms with Crippen LogP contribution in [0, 0.1) is 0 Å². The number of hydrogen-bond acceptors (Lipinski definition) is 3. The summed E-state index contributed by atoms with van der Waals surface area (Å²) in [6, 6.07) is 4.88. The van der Waals surface area contributed by atoms with Crippen LogP contribution in [0.15, 0.2) is 18.3 Å². The molecule has 0 bridgehead atoms. The van der Waals surface area contributed by atoms with Crippen molar-refractivity contribution in [3.63, 3.8) is 0 Å². The van der Waals surface area contributed by atoms with Crippen molar-refractivity contribution in [1.82, 2.24) is 9.88 Å². The molecule has 1 heterocycles. The van der Waals surface area contributed by atoms with E-state index in [2.05, 4.69) is 55.0 Å². The van der Waals surface area contributed by atoms with Crippen molar-refractivity contribution >= 4 is 5.82 Å². The fourth-order valence-corrected chi connectivity index (χ4v) is 2.17. The molecule has 0 saturated carbocycles. The summed E-state index contributed by atoms with van der Waals surface area (Å²) in [7, 11) is 0. The van der Waals surface area contributed by atoms with Gasteiger partial charge in [0.2, 0.25) is 0 Å². The first-order valence-corrected chi connectivity index (χ1v) is 7.60. The third-order valence-corrected chi connectivity index (χ3v) is 3.35. The van der Waals surface area contributed by atoms with Crippen LogP contribution in [0.5, 0.6) is 0 Å². The van der Waals surface area contributed by atoms with Crippen LogP contribution in [0.4, 0.5) is 5.82 Å². The molecule has 3 nitrogen and oxygen atoms in total. The second-order valence-electron chi connectivity index (χ2n) is 5.35. The van der Waals surface area contributed by atoms with Gasteiger partial charge in [0.05, 0.1) is 0 Å². The molecule has 108 valence electrons. The fourth-order valence-electron chi connectivity index (χ4n) is 2.17. The van der Waals surface area contributed by atoms with Gasteiger partial charge in [-0.15, -0.1) is 0 Å². The molecule has 1 aromatic heterocycles. The Hall–Kier alpha value is -1.09. The second-order valence-corrected chi connectivity index (χ2v) is 5.35. The van der Waals surface area contributed by atoms with Gasteiger partial charge in [0.25, 0.3) is 0 Å². The van der Waals surface area contributed by atoms with Crippen LogP contribution in [0.25, 0.3) is 0 Å². The Morgan fingerprint density at radius 3 is 2.68 bits per heavy atom. The van der Waals surface area contributed by atoms with Crippen LogP contribution in [-0.2, 0) is 6.54 Å². The lowest BCUT2D eigenvalue weighted by Gasteiger charge is -2.26. The predicted octanol–water partition coefficient (Wildman–Crippen LogP) is 3.91. The lowest BCUT2D eigenvalue weighted by Crippen LogP contribution is -2.31. The van der Waals surface area contributed by atoms with Crippen LogP contribution < -0.4 is 5.32 Å². The van der Waals surface area contributed by atoms with Crippen molar-refractivity contribution in [3.05, 3.63) is 23.9 Å². The summed E-state index contributed by atoms with van der Waals surface area (Å²) in [6.45, 7) is 12.0. The van der Waals surface area contributed by atoms with E-state index in [1.54, 1.807) is 0 Å². The van der Waals surface area contributed by atoms with Crippen molar-refractivity contribution < 1.29 is 0 Å². The summed E-state index contributed by atoms with van der Waals surface area (Å²) in [4.78, 5) is 6.87. The molecule has 1 rings (SSSR count). The molecule has 0 spiro atoms. The molecule has 0 aromatic carbocycles. The molecule has 1 aromatic rings. The Balaban J connectivity index is 2.59. The van der Waals surface area contributed by atoms with Gasteiger partial charge in [-0.3, -0.25) is 4.90 Å². The van der Waals surface area contributed by atoms with Gasteiger partial charge in [-0.05, 0) is 51.4 Å². The smallest absolute Gasteiger partial charge is 0.126 e. The van der Waals surface area contributed by atoms with Gasteiger partial charge in [0, 0.05) is 25.3 Å². The normalized spacial score (nSPS) is 11.3. The molecule has 1 N–H and O–H groups in total. The molecule has 0 saturated heterocycles. The number of unbranched alkanes of at least 4 members (excludes halogenated alkanes) is 2. The van der Waals surface area contributed by atoms with Crippen molar-refractivity contribution in [3.8, 4) is 0 Å². The first-order chi connectivity index (χ1) is 9.17. The summed E-state index contributed by atoms with van der Waals surface area (Å²) in [5.41, 5.74) is 1.34. The molecule has 0 aliphatic rings. The summed E-state index contributed by atoms with van der Waals surface area (Å²) >= 11 is 0. The molecule has 0 radical (unpaired) electrons. The SMILES string of the molecule is CCCCCN(Cc1ccnc(NCC)c1)C(C)C. The Labute approximate surface area is 118 Å². The fraction of sp³-hybridized carbons (Fsp3) is 0.688. The zero-order chi connectivity index (χ0) is 14.1. The molecular weight excluding hydrogens is 234 g/mol. The number of anilines is 1. The first kappa shape index (κ1) is 16.0. The molecule has 0 atom stereocenters. The Kier molecular flexibility index (Phi) is 7.49. The van der Waals surface area contributed by atoms with Gasteiger partial charge < -0.3 is 5.32 Å². The summed E-state index contributed by atoms with van der Waals surface area (Å²) in [5, 5.41) is 3.27. The predicted molar refractivity (Wildman–Crippen MR) is 83.5 cm³/mol.